The third-order valence-electron chi connectivity index (χ3n) is 3.75. The number of anilines is 3. The average molecular weight is 376 g/mol. The molecule has 1 saturated heterocycles. The fourth-order valence-electron chi connectivity index (χ4n) is 2.51. The molecule has 1 fully saturated rings. The molecule has 136 valence electrons. The number of rotatable bonds is 2. The van der Waals surface area contributed by atoms with Gasteiger partial charge in [-0.2, -0.15) is 11.8 Å². The Morgan fingerprint density at radius 1 is 1.08 bits per heavy atom. The van der Waals surface area contributed by atoms with Gasteiger partial charge in [-0.15, -0.1) is 0 Å². The number of hydrogen-bond acceptors (Lipinski definition) is 6. The Morgan fingerprint density at radius 3 is 2.50 bits per heavy atom. The first kappa shape index (κ1) is 18.2. The Kier molecular flexibility index (Phi) is 5.72. The minimum atomic E-state index is -0.588. The summed E-state index contributed by atoms with van der Waals surface area (Å²) in [7, 11) is 0. The molecule has 4 N–H and O–H groups in total. The van der Waals surface area contributed by atoms with Crippen molar-refractivity contribution < 1.29 is 13.9 Å². The summed E-state index contributed by atoms with van der Waals surface area (Å²) in [5, 5.41) is 12.6. The molecule has 2 aromatic carbocycles. The van der Waals surface area contributed by atoms with Crippen LogP contribution in [0.15, 0.2) is 36.7 Å². The maximum atomic E-state index is 14.1. The summed E-state index contributed by atoms with van der Waals surface area (Å²) in [6, 6.07) is 6.10. The average Bonchev–Trinajstić information content (AvgIpc) is 3.17. The third-order valence-corrected chi connectivity index (χ3v) is 4.91. The fraction of sp³-hybridized carbons (Fsp3) is 0.222. The van der Waals surface area contributed by atoms with Crippen molar-refractivity contribution in [2.24, 2.45) is 0 Å². The number of nitrogens with one attached hydrogen (secondary N) is 1. The molecule has 0 aliphatic carbocycles. The van der Waals surface area contributed by atoms with Crippen LogP contribution in [0.4, 0.5) is 26.0 Å². The van der Waals surface area contributed by atoms with Crippen LogP contribution in [0.3, 0.4) is 0 Å². The number of phenolic OH excluding ortho intramolecular Hbond substituents is 1. The van der Waals surface area contributed by atoms with Gasteiger partial charge in [0.05, 0.1) is 16.6 Å². The van der Waals surface area contributed by atoms with Gasteiger partial charge >= 0.3 is 0 Å². The molecule has 0 spiro atoms. The summed E-state index contributed by atoms with van der Waals surface area (Å²) in [6.07, 6.45) is 4.17. The van der Waals surface area contributed by atoms with E-state index >= 15 is 0 Å². The van der Waals surface area contributed by atoms with Crippen LogP contribution in [0, 0.1) is 11.6 Å². The quantitative estimate of drug-likeness (QED) is 0.453. The van der Waals surface area contributed by atoms with Crippen molar-refractivity contribution in [1.82, 2.24) is 9.97 Å². The molecule has 0 unspecified atom stereocenters. The Bertz CT molecular complexity index is 911. The number of phenols is 1. The van der Waals surface area contributed by atoms with Gasteiger partial charge in [-0.1, -0.05) is 0 Å². The van der Waals surface area contributed by atoms with Gasteiger partial charge in [0, 0.05) is 11.8 Å². The van der Waals surface area contributed by atoms with E-state index in [1.54, 1.807) is 0 Å². The molecule has 26 heavy (non-hydrogen) atoms. The maximum Gasteiger partial charge on any atom is 0.144 e. The summed E-state index contributed by atoms with van der Waals surface area (Å²) in [4.78, 5) is 7.90. The number of thioether (sulfide) groups is 1. The van der Waals surface area contributed by atoms with E-state index in [9.17, 15) is 13.9 Å². The molecule has 8 heteroatoms. The van der Waals surface area contributed by atoms with E-state index in [1.807, 2.05) is 0 Å². The number of halogens is 2. The Balaban J connectivity index is 0.000000339. The van der Waals surface area contributed by atoms with E-state index in [2.05, 4.69) is 27.0 Å². The summed E-state index contributed by atoms with van der Waals surface area (Å²) in [5.74, 6) is 1.51. The zero-order valence-electron chi connectivity index (χ0n) is 13.9. The lowest BCUT2D eigenvalue weighted by Gasteiger charge is -2.10. The number of benzene rings is 2. The van der Waals surface area contributed by atoms with Crippen molar-refractivity contribution in [1.29, 1.82) is 0 Å². The largest absolute Gasteiger partial charge is 0.506 e. The van der Waals surface area contributed by atoms with E-state index in [1.165, 1.54) is 48.9 Å². The number of nitrogens with two attached hydrogens (primary N) is 1. The Hall–Kier alpha value is -2.61. The zero-order valence-corrected chi connectivity index (χ0v) is 14.7. The molecular weight excluding hydrogens is 358 g/mol. The first-order chi connectivity index (χ1) is 12.5. The van der Waals surface area contributed by atoms with E-state index in [0.717, 1.165) is 12.1 Å². The molecule has 1 aliphatic rings. The maximum absolute atomic E-state index is 14.1. The van der Waals surface area contributed by atoms with Crippen molar-refractivity contribution in [3.63, 3.8) is 0 Å². The number of aromatic nitrogens is 2. The van der Waals surface area contributed by atoms with E-state index in [0.29, 0.717) is 5.52 Å². The van der Waals surface area contributed by atoms with Crippen LogP contribution in [-0.2, 0) is 0 Å². The number of nitrogen functional groups attached to an aromatic ring is 1. The predicted molar refractivity (Wildman–Crippen MR) is 102 cm³/mol. The van der Waals surface area contributed by atoms with Gasteiger partial charge in [-0.25, -0.2) is 18.7 Å². The van der Waals surface area contributed by atoms with E-state index in [-0.39, 0.29) is 28.3 Å². The lowest BCUT2D eigenvalue weighted by molar-refractivity contribution is 0.471. The SMILES string of the molecule is C1CCSC1.Nc1cc(F)c2c(Nc3ccc(F)cc3O)ncnc2c1. The molecule has 0 saturated carbocycles. The summed E-state index contributed by atoms with van der Waals surface area (Å²) in [5.41, 5.74) is 6.34. The van der Waals surface area contributed by atoms with Crippen LogP contribution in [0.5, 0.6) is 5.75 Å². The molecule has 2 heterocycles. The summed E-state index contributed by atoms with van der Waals surface area (Å²) < 4.78 is 27.0. The highest BCUT2D eigenvalue weighted by molar-refractivity contribution is 7.99. The van der Waals surface area contributed by atoms with Crippen LogP contribution >= 0.6 is 11.8 Å². The molecule has 5 nitrogen and oxygen atoms in total. The molecule has 1 aliphatic heterocycles. The Morgan fingerprint density at radius 2 is 1.85 bits per heavy atom. The first-order valence-electron chi connectivity index (χ1n) is 8.07. The molecule has 0 atom stereocenters. The van der Waals surface area contributed by atoms with Gasteiger partial charge in [-0.05, 0) is 48.6 Å². The second-order valence-corrected chi connectivity index (χ2v) is 6.95. The van der Waals surface area contributed by atoms with Crippen molar-refractivity contribution in [3.8, 4) is 5.75 Å². The molecule has 3 aromatic rings. The van der Waals surface area contributed by atoms with Crippen LogP contribution in [-0.4, -0.2) is 26.6 Å². The molecule has 0 amide bonds. The van der Waals surface area contributed by atoms with Gasteiger partial charge in [-0.3, -0.25) is 0 Å². The minimum Gasteiger partial charge on any atom is -0.506 e. The minimum absolute atomic E-state index is 0.135. The van der Waals surface area contributed by atoms with Crippen molar-refractivity contribution in [2.75, 3.05) is 22.6 Å². The van der Waals surface area contributed by atoms with Crippen molar-refractivity contribution in [3.05, 3.63) is 48.3 Å². The number of nitrogens with zero attached hydrogens (tertiary/aromatic N) is 2. The lowest BCUT2D eigenvalue weighted by atomic mass is 10.2. The molecule has 1 aromatic heterocycles. The second-order valence-electron chi connectivity index (χ2n) is 5.73. The van der Waals surface area contributed by atoms with Gasteiger partial charge in [0.25, 0.3) is 0 Å². The van der Waals surface area contributed by atoms with E-state index < -0.39 is 11.6 Å². The molecular formula is C18H18F2N4OS. The van der Waals surface area contributed by atoms with Crippen molar-refractivity contribution >= 4 is 39.9 Å². The van der Waals surface area contributed by atoms with Crippen LogP contribution < -0.4 is 11.1 Å². The summed E-state index contributed by atoms with van der Waals surface area (Å²) >= 11 is 2.07. The highest BCUT2D eigenvalue weighted by Gasteiger charge is 2.12. The van der Waals surface area contributed by atoms with Crippen molar-refractivity contribution in [2.45, 2.75) is 12.8 Å². The zero-order chi connectivity index (χ0) is 18.5. The number of hydrogen-bond donors (Lipinski definition) is 3. The standard InChI is InChI=1S/C14H10F2N4O.C4H8S/c15-7-1-2-10(12(21)3-7)20-14-13-9(16)4-8(17)5-11(13)18-6-19-14;1-2-4-5-3-1/h1-6,21H,17H2,(H,18,19,20);1-4H2. The van der Waals surface area contributed by atoms with Gasteiger partial charge in [0.2, 0.25) is 0 Å². The molecule has 0 radical (unpaired) electrons. The molecule has 4 rings (SSSR count). The van der Waals surface area contributed by atoms with Crippen LogP contribution in [0.25, 0.3) is 10.9 Å². The van der Waals surface area contributed by atoms with Crippen LogP contribution in [0.1, 0.15) is 12.8 Å². The van der Waals surface area contributed by atoms with E-state index in [4.69, 9.17) is 5.73 Å². The third kappa shape index (κ3) is 4.32. The highest BCUT2D eigenvalue weighted by Crippen LogP contribution is 2.31. The Labute approximate surface area is 153 Å². The van der Waals surface area contributed by atoms with Crippen LogP contribution in [0.2, 0.25) is 0 Å². The normalized spacial score (nSPS) is 13.3. The highest BCUT2D eigenvalue weighted by atomic mass is 32.2. The lowest BCUT2D eigenvalue weighted by Crippen LogP contribution is -1.99. The first-order valence-corrected chi connectivity index (χ1v) is 9.23. The monoisotopic (exact) mass is 376 g/mol. The second kappa shape index (κ2) is 8.18. The van der Waals surface area contributed by atoms with Gasteiger partial charge < -0.3 is 16.2 Å². The molecule has 0 bridgehead atoms. The number of aromatic hydroxyl groups is 1. The smallest absolute Gasteiger partial charge is 0.144 e. The topological polar surface area (TPSA) is 84.1 Å². The van der Waals surface area contributed by atoms with Gasteiger partial charge in [0.1, 0.15) is 29.5 Å². The predicted octanol–water partition coefficient (Wildman–Crippen LogP) is 4.45. The summed E-state index contributed by atoms with van der Waals surface area (Å²) in [6.45, 7) is 0. The number of fused-ring (bicyclic) bond motifs is 1. The van der Waals surface area contributed by atoms with Gasteiger partial charge in [0.15, 0.2) is 0 Å². The fourth-order valence-corrected chi connectivity index (χ4v) is 3.53.